The standard InChI is InChI=1S/C51H31N5O/c1-4-15-32(16-5-1)49-52-50(33-17-6-2-7-18-33)54-51(53-49)34-27-28-46-40(29-34)41-30-39-38-23-14-26-44(56-42-24-12-10-21-36(42)37-22-11-13-25-43(37)56)48(38)55(35-19-8-3-9-20-35)45(39)31-47(41)57-46/h1-31H. The van der Waals surface area contributed by atoms with E-state index in [9.17, 15) is 0 Å². The third-order valence-electron chi connectivity index (χ3n) is 11.1. The van der Waals surface area contributed by atoms with Gasteiger partial charge in [0.1, 0.15) is 11.2 Å². The van der Waals surface area contributed by atoms with Crippen LogP contribution in [0.2, 0.25) is 0 Å². The number of benzene rings is 8. The first-order valence-electron chi connectivity index (χ1n) is 19.1. The number of furan rings is 1. The summed E-state index contributed by atoms with van der Waals surface area (Å²) in [7, 11) is 0. The van der Waals surface area contributed by atoms with Crippen molar-refractivity contribution in [3.8, 4) is 45.5 Å². The van der Waals surface area contributed by atoms with E-state index >= 15 is 0 Å². The van der Waals surface area contributed by atoms with Crippen molar-refractivity contribution in [1.29, 1.82) is 0 Å². The van der Waals surface area contributed by atoms with E-state index in [0.29, 0.717) is 17.5 Å². The molecule has 0 aliphatic carbocycles. The van der Waals surface area contributed by atoms with Crippen molar-refractivity contribution >= 4 is 65.6 Å². The van der Waals surface area contributed by atoms with Gasteiger partial charge in [-0.05, 0) is 54.6 Å². The molecular weight excluding hydrogens is 699 g/mol. The molecule has 0 amide bonds. The van der Waals surface area contributed by atoms with Gasteiger partial charge in [-0.1, -0.05) is 127 Å². The summed E-state index contributed by atoms with van der Waals surface area (Å²) in [5, 5.41) is 6.82. The maximum Gasteiger partial charge on any atom is 0.164 e. The molecule has 12 rings (SSSR count). The lowest BCUT2D eigenvalue weighted by Crippen LogP contribution is -2.00. The average molecular weight is 730 g/mol. The van der Waals surface area contributed by atoms with Crippen LogP contribution in [0, 0.1) is 0 Å². The van der Waals surface area contributed by atoms with Crippen LogP contribution in [0.15, 0.2) is 192 Å². The van der Waals surface area contributed by atoms with Gasteiger partial charge in [0.25, 0.3) is 0 Å². The Morgan fingerprint density at radius 2 is 0.877 bits per heavy atom. The summed E-state index contributed by atoms with van der Waals surface area (Å²) in [5.74, 6) is 1.87. The molecule has 4 aromatic heterocycles. The molecule has 0 N–H and O–H groups in total. The van der Waals surface area contributed by atoms with Gasteiger partial charge in [0.2, 0.25) is 0 Å². The van der Waals surface area contributed by atoms with Gasteiger partial charge < -0.3 is 13.6 Å². The maximum atomic E-state index is 6.67. The van der Waals surface area contributed by atoms with Gasteiger partial charge in [0.15, 0.2) is 17.5 Å². The molecule has 12 aromatic rings. The number of para-hydroxylation sites is 4. The van der Waals surface area contributed by atoms with E-state index < -0.39 is 0 Å². The Bertz CT molecular complexity index is 3400. The number of rotatable bonds is 5. The van der Waals surface area contributed by atoms with Gasteiger partial charge in [-0.25, -0.2) is 15.0 Å². The fourth-order valence-corrected chi connectivity index (χ4v) is 8.60. The molecule has 57 heavy (non-hydrogen) atoms. The molecule has 0 aliphatic heterocycles. The van der Waals surface area contributed by atoms with Gasteiger partial charge in [0, 0.05) is 60.8 Å². The Labute approximate surface area is 326 Å². The van der Waals surface area contributed by atoms with Crippen LogP contribution in [0.5, 0.6) is 0 Å². The van der Waals surface area contributed by atoms with Crippen molar-refractivity contribution < 1.29 is 4.42 Å². The second-order valence-electron chi connectivity index (χ2n) is 14.4. The van der Waals surface area contributed by atoms with E-state index in [4.69, 9.17) is 19.4 Å². The Balaban J connectivity index is 1.11. The van der Waals surface area contributed by atoms with Crippen LogP contribution >= 0.6 is 0 Å². The normalized spacial score (nSPS) is 11.9. The molecule has 4 heterocycles. The smallest absolute Gasteiger partial charge is 0.164 e. The largest absolute Gasteiger partial charge is 0.456 e. The fourth-order valence-electron chi connectivity index (χ4n) is 8.60. The van der Waals surface area contributed by atoms with Crippen LogP contribution in [0.1, 0.15) is 0 Å². The number of nitrogens with zero attached hydrogens (tertiary/aromatic N) is 5. The molecule has 0 fully saturated rings. The van der Waals surface area contributed by atoms with Crippen molar-refractivity contribution in [2.24, 2.45) is 0 Å². The molecule has 8 aromatic carbocycles. The first kappa shape index (κ1) is 31.5. The van der Waals surface area contributed by atoms with E-state index in [2.05, 4.69) is 124 Å². The SMILES string of the molecule is c1ccc(-c2nc(-c3ccccc3)nc(-c3ccc4oc5cc6c(cc5c4c3)c3cccc(-n4c5ccccc5c5ccccc54)c3n6-c3ccccc3)n2)cc1. The molecule has 0 bridgehead atoms. The molecule has 0 atom stereocenters. The predicted molar refractivity (Wildman–Crippen MR) is 232 cm³/mol. The number of aromatic nitrogens is 5. The fraction of sp³-hybridized carbons (Fsp3) is 0. The highest BCUT2D eigenvalue weighted by Gasteiger charge is 2.22. The van der Waals surface area contributed by atoms with Crippen molar-refractivity contribution in [1.82, 2.24) is 24.1 Å². The summed E-state index contributed by atoms with van der Waals surface area (Å²) < 4.78 is 11.5. The molecule has 0 saturated heterocycles. The average Bonchev–Trinajstić information content (AvgIpc) is 3.93. The summed E-state index contributed by atoms with van der Waals surface area (Å²) in [6.07, 6.45) is 0. The number of fused-ring (bicyclic) bond motifs is 9. The van der Waals surface area contributed by atoms with Gasteiger partial charge in [-0.2, -0.15) is 0 Å². The lowest BCUT2D eigenvalue weighted by Gasteiger charge is -2.14. The third kappa shape index (κ3) is 4.87. The van der Waals surface area contributed by atoms with Gasteiger partial charge in [-0.3, -0.25) is 0 Å². The molecule has 0 spiro atoms. The summed E-state index contributed by atoms with van der Waals surface area (Å²) in [6.45, 7) is 0. The Kier molecular flexibility index (Phi) is 6.83. The van der Waals surface area contributed by atoms with Crippen LogP contribution in [0.4, 0.5) is 0 Å². The minimum Gasteiger partial charge on any atom is -0.456 e. The highest BCUT2D eigenvalue weighted by atomic mass is 16.3. The first-order valence-corrected chi connectivity index (χ1v) is 19.1. The van der Waals surface area contributed by atoms with E-state index in [1.807, 2.05) is 72.8 Å². The summed E-state index contributed by atoms with van der Waals surface area (Å²) in [5.41, 5.74) is 11.2. The summed E-state index contributed by atoms with van der Waals surface area (Å²) in [6, 6.07) is 65.6. The van der Waals surface area contributed by atoms with Gasteiger partial charge in [-0.15, -0.1) is 0 Å². The van der Waals surface area contributed by atoms with Crippen molar-refractivity contribution in [3.63, 3.8) is 0 Å². The minimum atomic E-state index is 0.608. The molecule has 0 aliphatic rings. The van der Waals surface area contributed by atoms with Crippen molar-refractivity contribution in [2.45, 2.75) is 0 Å². The van der Waals surface area contributed by atoms with E-state index in [1.165, 1.54) is 21.8 Å². The zero-order valence-corrected chi connectivity index (χ0v) is 30.5. The molecule has 0 radical (unpaired) electrons. The van der Waals surface area contributed by atoms with E-state index in [-0.39, 0.29) is 0 Å². The van der Waals surface area contributed by atoms with E-state index in [1.54, 1.807) is 0 Å². The summed E-state index contributed by atoms with van der Waals surface area (Å²) >= 11 is 0. The quantitative estimate of drug-likeness (QED) is 0.177. The van der Waals surface area contributed by atoms with Crippen LogP contribution < -0.4 is 0 Å². The van der Waals surface area contributed by atoms with Gasteiger partial charge >= 0.3 is 0 Å². The number of hydrogen-bond donors (Lipinski definition) is 0. The zero-order chi connectivity index (χ0) is 37.5. The molecule has 0 unspecified atom stereocenters. The summed E-state index contributed by atoms with van der Waals surface area (Å²) in [4.78, 5) is 14.9. The topological polar surface area (TPSA) is 61.7 Å². The monoisotopic (exact) mass is 729 g/mol. The Morgan fingerprint density at radius 3 is 1.53 bits per heavy atom. The molecule has 6 nitrogen and oxygen atoms in total. The second-order valence-corrected chi connectivity index (χ2v) is 14.4. The van der Waals surface area contributed by atoms with Crippen LogP contribution in [-0.2, 0) is 0 Å². The van der Waals surface area contributed by atoms with Crippen LogP contribution in [0.25, 0.3) is 111 Å². The Morgan fingerprint density at radius 1 is 0.333 bits per heavy atom. The maximum absolute atomic E-state index is 6.67. The lowest BCUT2D eigenvalue weighted by molar-refractivity contribution is 0.669. The minimum absolute atomic E-state index is 0.608. The van der Waals surface area contributed by atoms with Crippen LogP contribution in [-0.4, -0.2) is 24.1 Å². The highest BCUT2D eigenvalue weighted by Crippen LogP contribution is 2.42. The lowest BCUT2D eigenvalue weighted by atomic mass is 10.1. The molecule has 6 heteroatoms. The van der Waals surface area contributed by atoms with Gasteiger partial charge in [0.05, 0.1) is 27.8 Å². The van der Waals surface area contributed by atoms with Crippen molar-refractivity contribution in [3.05, 3.63) is 188 Å². The molecule has 266 valence electrons. The highest BCUT2D eigenvalue weighted by molar-refractivity contribution is 6.20. The number of hydrogen-bond acceptors (Lipinski definition) is 4. The van der Waals surface area contributed by atoms with E-state index in [0.717, 1.165) is 71.8 Å². The molecular formula is C51H31N5O. The first-order chi connectivity index (χ1) is 28.3. The zero-order valence-electron chi connectivity index (χ0n) is 30.5. The molecule has 0 saturated carbocycles. The van der Waals surface area contributed by atoms with Crippen LogP contribution in [0.3, 0.4) is 0 Å². The third-order valence-corrected chi connectivity index (χ3v) is 11.1. The second kappa shape index (κ2) is 12.3. The van der Waals surface area contributed by atoms with Crippen molar-refractivity contribution in [2.75, 3.05) is 0 Å². The Hall–Kier alpha value is -7.83. The predicted octanol–water partition coefficient (Wildman–Crippen LogP) is 13.0.